The standard InChI is InChI=1S/C29H28N2O6/c1-16-10-8-9-13-20(16)31-26(32)22-23(27(31)33)29(28(34)35,18-11-6-5-7-12-18)30-24(22)19-14-15-21(36-3)17(2)25(19)37-4/h5-15,22-24,30H,1-4H3,(H,34,35). The number of imide groups is 1. The van der Waals surface area contributed by atoms with Crippen LogP contribution in [0, 0.1) is 25.7 Å². The zero-order valence-corrected chi connectivity index (χ0v) is 21.0. The van der Waals surface area contributed by atoms with E-state index in [9.17, 15) is 19.5 Å². The molecule has 2 aliphatic rings. The highest BCUT2D eigenvalue weighted by Crippen LogP contribution is 2.55. The van der Waals surface area contributed by atoms with Crippen molar-refractivity contribution in [1.82, 2.24) is 5.32 Å². The molecule has 37 heavy (non-hydrogen) atoms. The Bertz CT molecular complexity index is 1400. The molecule has 0 saturated carbocycles. The largest absolute Gasteiger partial charge is 0.496 e. The van der Waals surface area contributed by atoms with Gasteiger partial charge in [-0.2, -0.15) is 0 Å². The number of aliphatic carboxylic acids is 1. The van der Waals surface area contributed by atoms with E-state index in [1.807, 2.05) is 26.0 Å². The van der Waals surface area contributed by atoms with Crippen molar-refractivity contribution in [3.05, 3.63) is 89.0 Å². The Morgan fingerprint density at radius 2 is 1.59 bits per heavy atom. The number of hydrogen-bond acceptors (Lipinski definition) is 6. The molecule has 0 aromatic heterocycles. The molecule has 5 rings (SSSR count). The van der Waals surface area contributed by atoms with Crippen LogP contribution in [0.2, 0.25) is 0 Å². The number of amides is 2. The van der Waals surface area contributed by atoms with Crippen LogP contribution in [0.3, 0.4) is 0 Å². The number of carboxylic acids is 1. The summed E-state index contributed by atoms with van der Waals surface area (Å²) >= 11 is 0. The fraction of sp³-hybridized carbons (Fsp3) is 0.276. The topological polar surface area (TPSA) is 105 Å². The Labute approximate surface area is 214 Å². The summed E-state index contributed by atoms with van der Waals surface area (Å²) in [5.74, 6) is -3.32. The molecule has 2 aliphatic heterocycles. The van der Waals surface area contributed by atoms with E-state index in [0.29, 0.717) is 33.9 Å². The average Bonchev–Trinajstić information content (AvgIpc) is 3.39. The number of carbonyl (C=O) groups excluding carboxylic acids is 2. The molecule has 0 aliphatic carbocycles. The Balaban J connectivity index is 1.77. The van der Waals surface area contributed by atoms with Gasteiger partial charge in [0.05, 0.1) is 31.7 Å². The number of nitrogens with zero attached hydrogens (tertiary/aromatic N) is 1. The molecule has 4 atom stereocenters. The monoisotopic (exact) mass is 500 g/mol. The summed E-state index contributed by atoms with van der Waals surface area (Å²) < 4.78 is 11.2. The summed E-state index contributed by atoms with van der Waals surface area (Å²) in [6.45, 7) is 3.65. The average molecular weight is 501 g/mol. The molecule has 8 heteroatoms. The Hall–Kier alpha value is -4.17. The van der Waals surface area contributed by atoms with Crippen molar-refractivity contribution in [2.45, 2.75) is 25.4 Å². The molecular weight excluding hydrogens is 472 g/mol. The molecule has 2 amide bonds. The number of carbonyl (C=O) groups is 3. The zero-order chi connectivity index (χ0) is 26.5. The summed E-state index contributed by atoms with van der Waals surface area (Å²) in [4.78, 5) is 42.5. The van der Waals surface area contributed by atoms with Gasteiger partial charge in [0.15, 0.2) is 5.54 Å². The molecule has 190 valence electrons. The number of anilines is 1. The zero-order valence-electron chi connectivity index (χ0n) is 21.0. The molecule has 0 radical (unpaired) electrons. The first-order chi connectivity index (χ1) is 17.8. The minimum atomic E-state index is -1.83. The predicted octanol–water partition coefficient (Wildman–Crippen LogP) is 3.75. The molecule has 0 spiro atoms. The highest BCUT2D eigenvalue weighted by Gasteiger charge is 2.69. The quantitative estimate of drug-likeness (QED) is 0.497. The van der Waals surface area contributed by atoms with Crippen LogP contribution in [0.5, 0.6) is 11.5 Å². The fourth-order valence-corrected chi connectivity index (χ4v) is 5.94. The number of rotatable bonds is 6. The van der Waals surface area contributed by atoms with Crippen LogP contribution in [0.15, 0.2) is 66.7 Å². The van der Waals surface area contributed by atoms with E-state index >= 15 is 0 Å². The van der Waals surface area contributed by atoms with E-state index < -0.39 is 41.2 Å². The third-order valence-corrected chi connectivity index (χ3v) is 7.63. The second kappa shape index (κ2) is 9.05. The summed E-state index contributed by atoms with van der Waals surface area (Å²) in [6, 6.07) is 18.4. The van der Waals surface area contributed by atoms with Crippen molar-refractivity contribution < 1.29 is 29.0 Å². The first kappa shape index (κ1) is 24.5. The molecule has 2 fully saturated rings. The fourth-order valence-electron chi connectivity index (χ4n) is 5.94. The summed E-state index contributed by atoms with van der Waals surface area (Å²) in [5.41, 5.74) is 1.06. The Kier molecular flexibility index (Phi) is 6.00. The molecule has 3 aromatic carbocycles. The lowest BCUT2D eigenvalue weighted by Gasteiger charge is -2.32. The van der Waals surface area contributed by atoms with E-state index in [1.165, 1.54) is 7.11 Å². The number of nitrogens with one attached hydrogen (secondary N) is 1. The highest BCUT2D eigenvalue weighted by atomic mass is 16.5. The van der Waals surface area contributed by atoms with Gasteiger partial charge in [0.1, 0.15) is 11.5 Å². The molecule has 2 N–H and O–H groups in total. The van der Waals surface area contributed by atoms with E-state index in [1.54, 1.807) is 61.7 Å². The number of carboxylic acid groups (broad SMARTS) is 1. The van der Waals surface area contributed by atoms with E-state index in [-0.39, 0.29) is 0 Å². The van der Waals surface area contributed by atoms with E-state index in [4.69, 9.17) is 9.47 Å². The number of para-hydroxylation sites is 1. The smallest absolute Gasteiger partial charge is 0.329 e. The summed E-state index contributed by atoms with van der Waals surface area (Å²) in [5, 5.41) is 13.9. The maximum Gasteiger partial charge on any atom is 0.329 e. The number of benzene rings is 3. The number of hydrogen-bond donors (Lipinski definition) is 2. The maximum absolute atomic E-state index is 14.1. The maximum atomic E-state index is 14.1. The van der Waals surface area contributed by atoms with Crippen molar-refractivity contribution in [2.75, 3.05) is 19.1 Å². The van der Waals surface area contributed by atoms with Crippen LogP contribution < -0.4 is 19.7 Å². The SMILES string of the molecule is COc1ccc(C2NC(C(=O)O)(c3ccccc3)C3C(=O)N(c4ccccc4C)C(=O)C23)c(OC)c1C. The van der Waals surface area contributed by atoms with Gasteiger partial charge < -0.3 is 14.6 Å². The van der Waals surface area contributed by atoms with Gasteiger partial charge >= 0.3 is 5.97 Å². The lowest BCUT2D eigenvalue weighted by Crippen LogP contribution is -2.53. The third kappa shape index (κ3) is 3.43. The van der Waals surface area contributed by atoms with Crippen molar-refractivity contribution in [1.29, 1.82) is 0 Å². The number of fused-ring (bicyclic) bond motifs is 1. The number of aryl methyl sites for hydroxylation is 1. The van der Waals surface area contributed by atoms with Crippen LogP contribution in [0.1, 0.15) is 28.3 Å². The predicted molar refractivity (Wildman–Crippen MR) is 137 cm³/mol. The molecule has 2 heterocycles. The first-order valence-electron chi connectivity index (χ1n) is 12.0. The Morgan fingerprint density at radius 3 is 2.22 bits per heavy atom. The number of methoxy groups -OCH3 is 2. The molecule has 4 unspecified atom stereocenters. The highest BCUT2D eigenvalue weighted by molar-refractivity contribution is 6.24. The van der Waals surface area contributed by atoms with E-state index in [2.05, 4.69) is 5.32 Å². The van der Waals surface area contributed by atoms with Crippen LogP contribution >= 0.6 is 0 Å². The minimum Gasteiger partial charge on any atom is -0.496 e. The summed E-state index contributed by atoms with van der Waals surface area (Å²) in [6.07, 6.45) is 0. The van der Waals surface area contributed by atoms with Gasteiger partial charge in [-0.15, -0.1) is 0 Å². The van der Waals surface area contributed by atoms with Crippen LogP contribution in [0.4, 0.5) is 5.69 Å². The van der Waals surface area contributed by atoms with Gasteiger partial charge in [-0.1, -0.05) is 54.6 Å². The van der Waals surface area contributed by atoms with Crippen LogP contribution in [0.25, 0.3) is 0 Å². The third-order valence-electron chi connectivity index (χ3n) is 7.63. The molecule has 0 bridgehead atoms. The van der Waals surface area contributed by atoms with Crippen LogP contribution in [-0.2, 0) is 19.9 Å². The van der Waals surface area contributed by atoms with Crippen molar-refractivity contribution >= 4 is 23.5 Å². The molecule has 8 nitrogen and oxygen atoms in total. The number of ether oxygens (including phenoxy) is 2. The Morgan fingerprint density at radius 1 is 0.919 bits per heavy atom. The van der Waals surface area contributed by atoms with E-state index in [0.717, 1.165) is 10.5 Å². The second-order valence-corrected chi connectivity index (χ2v) is 9.42. The molecule has 3 aromatic rings. The van der Waals surface area contributed by atoms with Gasteiger partial charge in [-0.3, -0.25) is 14.9 Å². The van der Waals surface area contributed by atoms with Gasteiger partial charge in [-0.05, 0) is 37.1 Å². The first-order valence-corrected chi connectivity index (χ1v) is 12.0. The lowest BCUT2D eigenvalue weighted by molar-refractivity contribution is -0.149. The summed E-state index contributed by atoms with van der Waals surface area (Å²) in [7, 11) is 3.07. The van der Waals surface area contributed by atoms with Gasteiger partial charge in [0.2, 0.25) is 11.8 Å². The lowest BCUT2D eigenvalue weighted by atomic mass is 9.75. The van der Waals surface area contributed by atoms with Gasteiger partial charge in [0.25, 0.3) is 0 Å². The van der Waals surface area contributed by atoms with Crippen molar-refractivity contribution in [3.63, 3.8) is 0 Å². The normalized spacial score (nSPS) is 24.8. The minimum absolute atomic E-state index is 0.400. The van der Waals surface area contributed by atoms with Crippen LogP contribution in [-0.4, -0.2) is 37.1 Å². The van der Waals surface area contributed by atoms with Crippen molar-refractivity contribution in [3.8, 4) is 11.5 Å². The van der Waals surface area contributed by atoms with Gasteiger partial charge in [0, 0.05) is 17.2 Å². The molecular formula is C29H28N2O6. The second-order valence-electron chi connectivity index (χ2n) is 9.42. The molecule has 2 saturated heterocycles. The van der Waals surface area contributed by atoms with Crippen molar-refractivity contribution in [2.24, 2.45) is 11.8 Å². The van der Waals surface area contributed by atoms with Gasteiger partial charge in [-0.25, -0.2) is 9.69 Å².